The Morgan fingerprint density at radius 2 is 1.61 bits per heavy atom. The van der Waals surface area contributed by atoms with Crippen LogP contribution in [0.3, 0.4) is 0 Å². The molecular weight excluding hydrogens is 455 g/mol. The first-order chi connectivity index (χ1) is 15.8. The first-order valence-electron chi connectivity index (χ1n) is 11.1. The summed E-state index contributed by atoms with van der Waals surface area (Å²) in [5, 5.41) is 1.52. The molecule has 0 saturated heterocycles. The molecule has 0 spiro atoms. The molecule has 4 rings (SSSR count). The Morgan fingerprint density at radius 1 is 0.909 bits per heavy atom. The fourth-order valence-electron chi connectivity index (χ4n) is 3.99. The van der Waals surface area contributed by atoms with E-state index in [1.165, 1.54) is 0 Å². The summed E-state index contributed by atoms with van der Waals surface area (Å²) in [6.45, 7) is 9.36. The minimum Gasteiger partial charge on any atom is -0.494 e. The average molecular weight is 483 g/mol. The molecule has 1 atom stereocenters. The zero-order valence-electron chi connectivity index (χ0n) is 19.4. The molecule has 0 aliphatic rings. The van der Waals surface area contributed by atoms with E-state index in [0.29, 0.717) is 6.61 Å². The molecule has 4 nitrogen and oxygen atoms in total. The van der Waals surface area contributed by atoms with Gasteiger partial charge in [0.2, 0.25) is 0 Å². The lowest BCUT2D eigenvalue weighted by molar-refractivity contribution is 0.210. The van der Waals surface area contributed by atoms with Crippen molar-refractivity contribution in [3.63, 3.8) is 0 Å². The summed E-state index contributed by atoms with van der Waals surface area (Å²) in [6, 6.07) is 17.8. The largest absolute Gasteiger partial charge is 0.494 e. The summed E-state index contributed by atoms with van der Waals surface area (Å²) in [5.41, 5.74) is 5.09. The quantitative estimate of drug-likeness (QED) is 0.239. The first-order valence-corrected chi connectivity index (χ1v) is 11.9. The second kappa shape index (κ2) is 10.1. The van der Waals surface area contributed by atoms with E-state index in [0.717, 1.165) is 68.1 Å². The number of aryl methyl sites for hydroxylation is 4. The van der Waals surface area contributed by atoms with Gasteiger partial charge in [0.05, 0.1) is 17.6 Å². The molecule has 6 heteroatoms. The summed E-state index contributed by atoms with van der Waals surface area (Å²) < 4.78 is 14.5. The number of hydrogen-bond acceptors (Lipinski definition) is 3. The molecule has 0 N–H and O–H groups in total. The Bertz CT molecular complexity index is 1260. The van der Waals surface area contributed by atoms with Crippen LogP contribution >= 0.6 is 23.2 Å². The highest BCUT2D eigenvalue weighted by Crippen LogP contribution is 2.29. The Balaban J connectivity index is 1.49. The van der Waals surface area contributed by atoms with Crippen LogP contribution in [0.4, 0.5) is 0 Å². The molecule has 0 radical (unpaired) electrons. The van der Waals surface area contributed by atoms with Crippen molar-refractivity contribution in [3.05, 3.63) is 87.2 Å². The van der Waals surface area contributed by atoms with Crippen molar-refractivity contribution in [2.75, 3.05) is 6.61 Å². The van der Waals surface area contributed by atoms with Crippen LogP contribution in [0, 0.1) is 20.8 Å². The smallest absolute Gasteiger partial charge is 0.153 e. The van der Waals surface area contributed by atoms with Crippen molar-refractivity contribution in [1.82, 2.24) is 9.55 Å². The summed E-state index contributed by atoms with van der Waals surface area (Å²) in [4.78, 5) is 4.87. The summed E-state index contributed by atoms with van der Waals surface area (Å²) in [5.74, 6) is 2.52. The molecule has 0 saturated carbocycles. The molecule has 0 aliphatic carbocycles. The third kappa shape index (κ3) is 5.29. The van der Waals surface area contributed by atoms with Gasteiger partial charge in [0.1, 0.15) is 11.5 Å². The lowest BCUT2D eigenvalue weighted by atomic mass is 10.1. The van der Waals surface area contributed by atoms with Crippen molar-refractivity contribution >= 4 is 34.2 Å². The van der Waals surface area contributed by atoms with E-state index < -0.39 is 0 Å². The number of ether oxygens (including phenoxy) is 2. The van der Waals surface area contributed by atoms with Gasteiger partial charge in [0.25, 0.3) is 0 Å². The second-order valence-electron chi connectivity index (χ2n) is 8.35. The molecule has 33 heavy (non-hydrogen) atoms. The number of para-hydroxylation sites is 2. The minimum absolute atomic E-state index is 0.222. The van der Waals surface area contributed by atoms with Crippen molar-refractivity contribution in [2.45, 2.75) is 46.8 Å². The SMILES string of the molecule is Cc1cc(OC(C)c2nc3ccccc3n2CCCOc2cc(C)c(Cl)c(C)c2)ccc1Cl. The van der Waals surface area contributed by atoms with Gasteiger partial charge in [-0.2, -0.15) is 0 Å². The van der Waals surface area contributed by atoms with Crippen molar-refractivity contribution in [2.24, 2.45) is 0 Å². The van der Waals surface area contributed by atoms with E-state index in [2.05, 4.69) is 10.6 Å². The van der Waals surface area contributed by atoms with Crippen LogP contribution in [0.1, 0.15) is 42.0 Å². The number of nitrogens with zero attached hydrogens (tertiary/aromatic N) is 2. The van der Waals surface area contributed by atoms with E-state index in [9.17, 15) is 0 Å². The molecular formula is C27H28Cl2N2O2. The minimum atomic E-state index is -0.222. The van der Waals surface area contributed by atoms with E-state index in [-0.39, 0.29) is 6.10 Å². The van der Waals surface area contributed by atoms with Crippen LogP contribution in [0.2, 0.25) is 10.0 Å². The van der Waals surface area contributed by atoms with Crippen LogP contribution in [0.15, 0.2) is 54.6 Å². The third-order valence-corrected chi connectivity index (χ3v) is 6.71. The highest BCUT2D eigenvalue weighted by atomic mass is 35.5. The van der Waals surface area contributed by atoms with Gasteiger partial charge in [-0.1, -0.05) is 35.3 Å². The predicted molar refractivity (Wildman–Crippen MR) is 136 cm³/mol. The molecule has 1 unspecified atom stereocenters. The van der Waals surface area contributed by atoms with Gasteiger partial charge >= 0.3 is 0 Å². The Hall–Kier alpha value is -2.69. The number of benzene rings is 3. The predicted octanol–water partition coefficient (Wildman–Crippen LogP) is 7.88. The molecule has 0 bridgehead atoms. The van der Waals surface area contributed by atoms with Crippen LogP contribution in [-0.4, -0.2) is 16.2 Å². The molecule has 0 amide bonds. The van der Waals surface area contributed by atoms with Crippen LogP contribution < -0.4 is 9.47 Å². The van der Waals surface area contributed by atoms with Gasteiger partial charge < -0.3 is 14.0 Å². The van der Waals surface area contributed by atoms with Crippen LogP contribution in [-0.2, 0) is 6.54 Å². The van der Waals surface area contributed by atoms with Gasteiger partial charge in [-0.05, 0) is 93.3 Å². The molecule has 4 aromatic rings. The maximum absolute atomic E-state index is 6.27. The van der Waals surface area contributed by atoms with E-state index in [1.807, 2.05) is 76.2 Å². The highest BCUT2D eigenvalue weighted by Gasteiger charge is 2.18. The average Bonchev–Trinajstić information content (AvgIpc) is 3.16. The normalized spacial score (nSPS) is 12.2. The van der Waals surface area contributed by atoms with E-state index in [4.69, 9.17) is 37.7 Å². The fraction of sp³-hybridized carbons (Fsp3) is 0.296. The number of hydrogen-bond donors (Lipinski definition) is 0. The molecule has 1 aromatic heterocycles. The van der Waals surface area contributed by atoms with Crippen molar-refractivity contribution < 1.29 is 9.47 Å². The van der Waals surface area contributed by atoms with Gasteiger partial charge in [-0.25, -0.2) is 4.98 Å². The number of rotatable bonds is 8. The second-order valence-corrected chi connectivity index (χ2v) is 9.14. The Kier molecular flexibility index (Phi) is 7.16. The lowest BCUT2D eigenvalue weighted by Crippen LogP contribution is -2.13. The topological polar surface area (TPSA) is 36.3 Å². The Morgan fingerprint density at radius 3 is 2.33 bits per heavy atom. The van der Waals surface area contributed by atoms with E-state index >= 15 is 0 Å². The monoisotopic (exact) mass is 482 g/mol. The standard InChI is InChI=1S/C27H28Cl2N2O2/c1-17-14-21(10-11-23(17)28)33-20(4)27-30-24-8-5-6-9-25(24)31(27)12-7-13-32-22-15-18(2)26(29)19(3)16-22/h5-6,8-11,14-16,20H,7,12-13H2,1-4H3. The molecule has 0 aliphatic heterocycles. The maximum Gasteiger partial charge on any atom is 0.153 e. The number of fused-ring (bicyclic) bond motifs is 1. The summed E-state index contributed by atoms with van der Waals surface area (Å²) in [7, 11) is 0. The number of halogens is 2. The first kappa shape index (κ1) is 23.5. The van der Waals surface area contributed by atoms with E-state index in [1.54, 1.807) is 0 Å². The van der Waals surface area contributed by atoms with Gasteiger partial charge in [0, 0.05) is 16.6 Å². The highest BCUT2D eigenvalue weighted by molar-refractivity contribution is 6.32. The van der Waals surface area contributed by atoms with Crippen LogP contribution in [0.5, 0.6) is 11.5 Å². The van der Waals surface area contributed by atoms with Crippen LogP contribution in [0.25, 0.3) is 11.0 Å². The zero-order chi connectivity index (χ0) is 23.5. The van der Waals surface area contributed by atoms with Gasteiger partial charge in [0.15, 0.2) is 11.9 Å². The molecule has 1 heterocycles. The summed E-state index contributed by atoms with van der Waals surface area (Å²) in [6.07, 6.45) is 0.612. The fourth-order valence-corrected chi connectivity index (χ4v) is 4.22. The van der Waals surface area contributed by atoms with Gasteiger partial charge in [-0.15, -0.1) is 0 Å². The third-order valence-electron chi connectivity index (χ3n) is 5.69. The number of aromatic nitrogens is 2. The van der Waals surface area contributed by atoms with Gasteiger partial charge in [-0.3, -0.25) is 0 Å². The maximum atomic E-state index is 6.27. The molecule has 3 aromatic carbocycles. The molecule has 172 valence electrons. The lowest BCUT2D eigenvalue weighted by Gasteiger charge is -2.17. The Labute approximate surface area is 205 Å². The van der Waals surface area contributed by atoms with Crippen molar-refractivity contribution in [3.8, 4) is 11.5 Å². The zero-order valence-corrected chi connectivity index (χ0v) is 20.9. The molecule has 0 fully saturated rings. The summed E-state index contributed by atoms with van der Waals surface area (Å²) >= 11 is 12.4. The van der Waals surface area contributed by atoms with Crippen molar-refractivity contribution in [1.29, 1.82) is 0 Å². The number of imidazole rings is 1.